The van der Waals surface area contributed by atoms with Crippen molar-refractivity contribution >= 4 is 24.0 Å². The lowest BCUT2D eigenvalue weighted by Crippen LogP contribution is -2.36. The highest BCUT2D eigenvalue weighted by molar-refractivity contribution is 6.16. The number of nitrogens with zero attached hydrogens (tertiary/aromatic N) is 5. The average molecular weight is 362 g/mol. The number of anilines is 1. The Bertz CT molecular complexity index is 869. The fourth-order valence-corrected chi connectivity index (χ4v) is 3.03. The molecule has 0 spiro atoms. The number of hydrogen-bond acceptors (Lipinski definition) is 6. The molecule has 0 aliphatic carbocycles. The zero-order chi connectivity index (χ0) is 19.1. The highest BCUT2D eigenvalue weighted by atomic mass is 16.5. The molecule has 27 heavy (non-hydrogen) atoms. The molecular formula is C20H22N6O. The van der Waals surface area contributed by atoms with Crippen LogP contribution in [-0.4, -0.2) is 51.6 Å². The summed E-state index contributed by atoms with van der Waals surface area (Å²) in [4.78, 5) is 14.7. The van der Waals surface area contributed by atoms with Crippen LogP contribution in [0.5, 0.6) is 0 Å². The van der Waals surface area contributed by atoms with E-state index < -0.39 is 0 Å². The Morgan fingerprint density at radius 2 is 2.19 bits per heavy atom. The van der Waals surface area contributed by atoms with E-state index in [2.05, 4.69) is 38.0 Å². The second-order valence-corrected chi connectivity index (χ2v) is 6.07. The lowest BCUT2D eigenvalue weighted by Gasteiger charge is -2.29. The van der Waals surface area contributed by atoms with Gasteiger partial charge in [-0.15, -0.1) is 0 Å². The lowest BCUT2D eigenvalue weighted by atomic mass is 10.0. The molecule has 7 nitrogen and oxygen atoms in total. The van der Waals surface area contributed by atoms with E-state index in [1.54, 1.807) is 19.4 Å². The van der Waals surface area contributed by atoms with Crippen LogP contribution in [0.1, 0.15) is 17.5 Å². The molecule has 7 heteroatoms. The van der Waals surface area contributed by atoms with Crippen molar-refractivity contribution in [3.63, 3.8) is 0 Å². The van der Waals surface area contributed by atoms with Gasteiger partial charge >= 0.3 is 0 Å². The molecule has 0 radical (unpaired) electrons. The van der Waals surface area contributed by atoms with Crippen molar-refractivity contribution in [3.05, 3.63) is 53.5 Å². The van der Waals surface area contributed by atoms with Crippen molar-refractivity contribution < 1.29 is 4.74 Å². The lowest BCUT2D eigenvalue weighted by molar-refractivity contribution is 0.122. The molecule has 1 aromatic carbocycles. The Hall–Kier alpha value is -3.24. The quantitative estimate of drug-likeness (QED) is 0.814. The third-order valence-corrected chi connectivity index (χ3v) is 4.38. The first-order valence-corrected chi connectivity index (χ1v) is 8.74. The van der Waals surface area contributed by atoms with E-state index in [1.807, 2.05) is 24.3 Å². The van der Waals surface area contributed by atoms with Crippen molar-refractivity contribution in [3.8, 4) is 6.07 Å². The fraction of sp³-hybridized carbons (Fsp3) is 0.300. The van der Waals surface area contributed by atoms with Crippen LogP contribution < -0.4 is 10.2 Å². The third kappa shape index (κ3) is 4.49. The number of nitrogens with one attached hydrogen (secondary N) is 1. The van der Waals surface area contributed by atoms with E-state index in [4.69, 9.17) is 4.74 Å². The molecule has 138 valence electrons. The SMILES string of the molecule is C=N/C=C\NC1=CC(c2ccc(N3CCOCC3)c(C#N)c2)=NC(=NC)C1. The fourth-order valence-electron chi connectivity index (χ4n) is 3.03. The number of amidine groups is 1. The van der Waals surface area contributed by atoms with Gasteiger partial charge in [-0.1, -0.05) is 6.07 Å². The van der Waals surface area contributed by atoms with E-state index in [9.17, 15) is 5.26 Å². The minimum absolute atomic E-state index is 0.610. The van der Waals surface area contributed by atoms with Gasteiger partial charge in [0.25, 0.3) is 0 Å². The number of hydrogen-bond donors (Lipinski definition) is 1. The minimum Gasteiger partial charge on any atom is -0.378 e. The van der Waals surface area contributed by atoms with Gasteiger partial charge in [-0.2, -0.15) is 5.26 Å². The molecule has 2 aliphatic rings. The molecule has 1 fully saturated rings. The number of benzene rings is 1. The first kappa shape index (κ1) is 18.5. The predicted molar refractivity (Wildman–Crippen MR) is 109 cm³/mol. The van der Waals surface area contributed by atoms with Crippen molar-refractivity contribution in [2.45, 2.75) is 6.42 Å². The smallest absolute Gasteiger partial charge is 0.129 e. The molecule has 1 aromatic rings. The zero-order valence-electron chi connectivity index (χ0n) is 15.4. The molecule has 0 saturated carbocycles. The maximum absolute atomic E-state index is 9.64. The third-order valence-electron chi connectivity index (χ3n) is 4.38. The zero-order valence-corrected chi connectivity index (χ0v) is 15.4. The topological polar surface area (TPSA) is 85.4 Å². The summed E-state index contributed by atoms with van der Waals surface area (Å²) in [5, 5.41) is 12.8. The second-order valence-electron chi connectivity index (χ2n) is 6.07. The van der Waals surface area contributed by atoms with Crippen LogP contribution in [0.15, 0.2) is 57.3 Å². The average Bonchev–Trinajstić information content (AvgIpc) is 2.74. The van der Waals surface area contributed by atoms with Crippen LogP contribution in [-0.2, 0) is 4.74 Å². The molecule has 2 heterocycles. The minimum atomic E-state index is 0.610. The van der Waals surface area contributed by atoms with Crippen LogP contribution in [0.3, 0.4) is 0 Å². The summed E-state index contributed by atoms with van der Waals surface area (Å²) in [6.07, 6.45) is 5.88. The second kappa shape index (κ2) is 8.92. The van der Waals surface area contributed by atoms with Crippen LogP contribution in [0.4, 0.5) is 5.69 Å². The van der Waals surface area contributed by atoms with E-state index in [0.29, 0.717) is 25.2 Å². The molecule has 0 atom stereocenters. The maximum Gasteiger partial charge on any atom is 0.129 e. The van der Waals surface area contributed by atoms with E-state index in [-0.39, 0.29) is 0 Å². The molecule has 0 aromatic heterocycles. The summed E-state index contributed by atoms with van der Waals surface area (Å²) >= 11 is 0. The van der Waals surface area contributed by atoms with Gasteiger partial charge in [0, 0.05) is 50.2 Å². The van der Waals surface area contributed by atoms with Crippen molar-refractivity contribution in [1.29, 1.82) is 5.26 Å². The Kier molecular flexibility index (Phi) is 6.13. The van der Waals surface area contributed by atoms with E-state index >= 15 is 0 Å². The molecule has 3 rings (SSSR count). The van der Waals surface area contributed by atoms with Gasteiger partial charge in [-0.3, -0.25) is 9.98 Å². The molecular weight excluding hydrogens is 340 g/mol. The number of rotatable bonds is 5. The first-order valence-electron chi connectivity index (χ1n) is 8.74. The maximum atomic E-state index is 9.64. The summed E-state index contributed by atoms with van der Waals surface area (Å²) in [6.45, 7) is 6.36. The normalized spacial score (nSPS) is 18.8. The Morgan fingerprint density at radius 3 is 2.89 bits per heavy atom. The Balaban J connectivity index is 1.91. The highest BCUT2D eigenvalue weighted by Crippen LogP contribution is 2.24. The Morgan fingerprint density at radius 1 is 1.37 bits per heavy atom. The number of ether oxygens (including phenoxy) is 1. The van der Waals surface area contributed by atoms with Crippen LogP contribution >= 0.6 is 0 Å². The van der Waals surface area contributed by atoms with Gasteiger partial charge in [0.1, 0.15) is 11.9 Å². The van der Waals surface area contributed by atoms with Gasteiger partial charge in [0.05, 0.1) is 30.2 Å². The standard InChI is InChI=1S/C20H22N6O/c1-22-5-6-24-17-12-18(25-20(13-17)23-2)15-3-4-19(16(11-15)14-21)26-7-9-27-10-8-26/h3-6,11-12,24H,1,7-10,13H2,2H3/b6-5-,23-20?. The summed E-state index contributed by atoms with van der Waals surface area (Å²) in [7, 11) is 1.72. The number of allylic oxidation sites excluding steroid dienone is 1. The van der Waals surface area contributed by atoms with E-state index in [1.165, 1.54) is 0 Å². The summed E-state index contributed by atoms with van der Waals surface area (Å²) in [5.41, 5.74) is 4.18. The molecule has 0 amide bonds. The molecule has 0 bridgehead atoms. The molecule has 1 N–H and O–H groups in total. The van der Waals surface area contributed by atoms with Gasteiger partial charge in [-0.05, 0) is 24.9 Å². The van der Waals surface area contributed by atoms with Gasteiger partial charge in [-0.25, -0.2) is 4.99 Å². The van der Waals surface area contributed by atoms with Gasteiger partial charge < -0.3 is 15.0 Å². The van der Waals surface area contributed by atoms with Crippen LogP contribution in [0.2, 0.25) is 0 Å². The summed E-state index contributed by atoms with van der Waals surface area (Å²) < 4.78 is 5.40. The molecule has 0 unspecified atom stereocenters. The van der Waals surface area contributed by atoms with Crippen LogP contribution in [0, 0.1) is 11.3 Å². The summed E-state index contributed by atoms with van der Waals surface area (Å²) in [5.74, 6) is 0.728. The predicted octanol–water partition coefficient (Wildman–Crippen LogP) is 2.26. The van der Waals surface area contributed by atoms with Crippen molar-refractivity contribution in [2.24, 2.45) is 15.0 Å². The number of aliphatic imine (C=N–C) groups is 3. The number of morpholine rings is 1. The van der Waals surface area contributed by atoms with Gasteiger partial charge in [0.15, 0.2) is 0 Å². The molecule has 2 aliphatic heterocycles. The molecule has 1 saturated heterocycles. The number of dihydropyridines is 1. The van der Waals surface area contributed by atoms with Gasteiger partial charge in [0.2, 0.25) is 0 Å². The largest absolute Gasteiger partial charge is 0.378 e. The van der Waals surface area contributed by atoms with Crippen LogP contribution in [0.25, 0.3) is 0 Å². The van der Waals surface area contributed by atoms with Crippen molar-refractivity contribution in [1.82, 2.24) is 5.32 Å². The Labute approximate surface area is 159 Å². The van der Waals surface area contributed by atoms with Crippen molar-refractivity contribution in [2.75, 3.05) is 38.3 Å². The number of nitriles is 1. The monoisotopic (exact) mass is 362 g/mol. The first-order chi connectivity index (χ1) is 13.2. The highest BCUT2D eigenvalue weighted by Gasteiger charge is 2.18. The van der Waals surface area contributed by atoms with E-state index in [0.717, 1.165) is 41.6 Å². The summed E-state index contributed by atoms with van der Waals surface area (Å²) in [6, 6.07) is 8.19.